The standard InChI is InChI=1S/C8H14O/c1-2-7-9-8-5-3-4-6-8/h2,7-8H,3-6H2,1H3/b7-2+. The molecule has 0 aromatic carbocycles. The molecule has 52 valence electrons. The van der Waals surface area contributed by atoms with Crippen LogP contribution in [0.3, 0.4) is 0 Å². The summed E-state index contributed by atoms with van der Waals surface area (Å²) in [6, 6.07) is 0. The Labute approximate surface area is 56.7 Å². The van der Waals surface area contributed by atoms with Crippen LogP contribution >= 0.6 is 0 Å². The first-order chi connectivity index (χ1) is 4.43. The largest absolute Gasteiger partial charge is 0.498 e. The van der Waals surface area contributed by atoms with Crippen molar-refractivity contribution < 1.29 is 4.74 Å². The Kier molecular flexibility index (Phi) is 2.62. The van der Waals surface area contributed by atoms with E-state index in [1.807, 2.05) is 13.0 Å². The van der Waals surface area contributed by atoms with Gasteiger partial charge in [0.05, 0.1) is 12.4 Å². The molecule has 1 aliphatic carbocycles. The summed E-state index contributed by atoms with van der Waals surface area (Å²) >= 11 is 0. The van der Waals surface area contributed by atoms with Crippen LogP contribution in [0.1, 0.15) is 32.6 Å². The molecule has 0 spiro atoms. The minimum absolute atomic E-state index is 0.529. The quantitative estimate of drug-likeness (QED) is 0.516. The molecule has 0 amide bonds. The van der Waals surface area contributed by atoms with Gasteiger partial charge in [-0.05, 0) is 32.6 Å². The molecule has 0 aliphatic heterocycles. The molecule has 1 rings (SSSR count). The Morgan fingerprint density at radius 2 is 2.00 bits per heavy atom. The smallest absolute Gasteiger partial charge is 0.0978 e. The molecule has 1 heteroatoms. The van der Waals surface area contributed by atoms with Gasteiger partial charge in [-0.2, -0.15) is 0 Å². The minimum atomic E-state index is 0.529. The molecule has 1 saturated carbocycles. The maximum atomic E-state index is 5.37. The second-order valence-corrected chi connectivity index (χ2v) is 2.51. The number of hydrogen-bond donors (Lipinski definition) is 0. The fraction of sp³-hybridized carbons (Fsp3) is 0.750. The average molecular weight is 126 g/mol. The molecule has 0 heterocycles. The molecule has 0 aromatic heterocycles. The van der Waals surface area contributed by atoms with Gasteiger partial charge in [-0.3, -0.25) is 0 Å². The summed E-state index contributed by atoms with van der Waals surface area (Å²) in [5.41, 5.74) is 0. The average Bonchev–Trinajstić information content (AvgIpc) is 2.34. The highest BCUT2D eigenvalue weighted by atomic mass is 16.5. The predicted octanol–water partition coefficient (Wildman–Crippen LogP) is 2.48. The summed E-state index contributed by atoms with van der Waals surface area (Å²) in [5.74, 6) is 0. The van der Waals surface area contributed by atoms with Crippen molar-refractivity contribution in [2.24, 2.45) is 0 Å². The topological polar surface area (TPSA) is 9.23 Å². The summed E-state index contributed by atoms with van der Waals surface area (Å²) in [6.45, 7) is 1.98. The van der Waals surface area contributed by atoms with Crippen molar-refractivity contribution in [3.05, 3.63) is 12.3 Å². The molecule has 0 aromatic rings. The Morgan fingerprint density at radius 1 is 1.33 bits per heavy atom. The Morgan fingerprint density at radius 3 is 2.56 bits per heavy atom. The fourth-order valence-electron chi connectivity index (χ4n) is 1.21. The van der Waals surface area contributed by atoms with E-state index >= 15 is 0 Å². The molecule has 0 unspecified atom stereocenters. The number of rotatable bonds is 2. The first-order valence-corrected chi connectivity index (χ1v) is 3.70. The van der Waals surface area contributed by atoms with Gasteiger partial charge in [0.25, 0.3) is 0 Å². The lowest BCUT2D eigenvalue weighted by Crippen LogP contribution is -2.01. The van der Waals surface area contributed by atoms with E-state index in [9.17, 15) is 0 Å². The van der Waals surface area contributed by atoms with Crippen LogP contribution < -0.4 is 0 Å². The van der Waals surface area contributed by atoms with Gasteiger partial charge in [-0.1, -0.05) is 6.08 Å². The molecule has 0 atom stereocenters. The van der Waals surface area contributed by atoms with Crippen molar-refractivity contribution in [1.82, 2.24) is 0 Å². The van der Waals surface area contributed by atoms with Gasteiger partial charge in [0.2, 0.25) is 0 Å². The van der Waals surface area contributed by atoms with Crippen LogP contribution in [0, 0.1) is 0 Å². The maximum Gasteiger partial charge on any atom is 0.0978 e. The van der Waals surface area contributed by atoms with E-state index in [0.717, 1.165) is 0 Å². The van der Waals surface area contributed by atoms with E-state index in [1.165, 1.54) is 25.7 Å². The third-order valence-electron chi connectivity index (χ3n) is 1.71. The fourth-order valence-corrected chi connectivity index (χ4v) is 1.21. The van der Waals surface area contributed by atoms with Crippen LogP contribution in [0.4, 0.5) is 0 Å². The van der Waals surface area contributed by atoms with Crippen LogP contribution in [0.15, 0.2) is 12.3 Å². The number of allylic oxidation sites excluding steroid dienone is 1. The van der Waals surface area contributed by atoms with Gasteiger partial charge in [0.15, 0.2) is 0 Å². The van der Waals surface area contributed by atoms with E-state index in [4.69, 9.17) is 4.74 Å². The van der Waals surface area contributed by atoms with Gasteiger partial charge in [-0.15, -0.1) is 0 Å². The zero-order valence-electron chi connectivity index (χ0n) is 5.97. The highest BCUT2D eigenvalue weighted by molar-refractivity contribution is 4.73. The first-order valence-electron chi connectivity index (χ1n) is 3.70. The predicted molar refractivity (Wildman–Crippen MR) is 38.2 cm³/mol. The van der Waals surface area contributed by atoms with Gasteiger partial charge >= 0.3 is 0 Å². The molecule has 1 fully saturated rings. The summed E-state index contributed by atoms with van der Waals surface area (Å²) < 4.78 is 5.37. The van der Waals surface area contributed by atoms with Crippen LogP contribution in [0.2, 0.25) is 0 Å². The lowest BCUT2D eigenvalue weighted by molar-refractivity contribution is 0.151. The lowest BCUT2D eigenvalue weighted by Gasteiger charge is -2.06. The Balaban J connectivity index is 2.11. The Bertz CT molecular complexity index is 90.7. The SMILES string of the molecule is C/C=C/OC1CCCC1. The minimum Gasteiger partial charge on any atom is -0.498 e. The zero-order valence-corrected chi connectivity index (χ0v) is 5.97. The van der Waals surface area contributed by atoms with Crippen molar-refractivity contribution in [3.63, 3.8) is 0 Å². The molecule has 0 N–H and O–H groups in total. The molecule has 0 saturated heterocycles. The highest BCUT2D eigenvalue weighted by Gasteiger charge is 2.13. The number of hydrogen-bond acceptors (Lipinski definition) is 1. The third kappa shape index (κ3) is 2.08. The van der Waals surface area contributed by atoms with E-state index in [0.29, 0.717) is 6.10 Å². The van der Waals surface area contributed by atoms with Crippen molar-refractivity contribution >= 4 is 0 Å². The first kappa shape index (κ1) is 6.66. The van der Waals surface area contributed by atoms with E-state index < -0.39 is 0 Å². The van der Waals surface area contributed by atoms with E-state index in [-0.39, 0.29) is 0 Å². The van der Waals surface area contributed by atoms with Crippen molar-refractivity contribution in [2.75, 3.05) is 0 Å². The zero-order chi connectivity index (χ0) is 6.53. The molecular weight excluding hydrogens is 112 g/mol. The second kappa shape index (κ2) is 3.54. The Hall–Kier alpha value is -0.460. The normalized spacial score (nSPS) is 21.4. The molecule has 0 bridgehead atoms. The lowest BCUT2D eigenvalue weighted by atomic mass is 10.3. The van der Waals surface area contributed by atoms with Gasteiger partial charge in [-0.25, -0.2) is 0 Å². The summed E-state index contributed by atoms with van der Waals surface area (Å²) in [5, 5.41) is 0. The van der Waals surface area contributed by atoms with E-state index in [2.05, 4.69) is 0 Å². The van der Waals surface area contributed by atoms with Crippen molar-refractivity contribution in [3.8, 4) is 0 Å². The van der Waals surface area contributed by atoms with Gasteiger partial charge in [0, 0.05) is 0 Å². The third-order valence-corrected chi connectivity index (χ3v) is 1.71. The van der Waals surface area contributed by atoms with Crippen molar-refractivity contribution in [2.45, 2.75) is 38.7 Å². The van der Waals surface area contributed by atoms with Crippen LogP contribution in [0.5, 0.6) is 0 Å². The second-order valence-electron chi connectivity index (χ2n) is 2.51. The van der Waals surface area contributed by atoms with Crippen LogP contribution in [-0.4, -0.2) is 6.10 Å². The molecule has 0 radical (unpaired) electrons. The molecule has 1 nitrogen and oxygen atoms in total. The molecule has 9 heavy (non-hydrogen) atoms. The van der Waals surface area contributed by atoms with E-state index in [1.54, 1.807) is 6.26 Å². The summed E-state index contributed by atoms with van der Waals surface area (Å²) in [6.07, 6.45) is 9.48. The van der Waals surface area contributed by atoms with Crippen LogP contribution in [-0.2, 0) is 4.74 Å². The molecule has 1 aliphatic rings. The van der Waals surface area contributed by atoms with Gasteiger partial charge in [0.1, 0.15) is 0 Å². The monoisotopic (exact) mass is 126 g/mol. The highest BCUT2D eigenvalue weighted by Crippen LogP contribution is 2.20. The summed E-state index contributed by atoms with van der Waals surface area (Å²) in [7, 11) is 0. The summed E-state index contributed by atoms with van der Waals surface area (Å²) in [4.78, 5) is 0. The van der Waals surface area contributed by atoms with Crippen LogP contribution in [0.25, 0.3) is 0 Å². The molecular formula is C8H14O. The van der Waals surface area contributed by atoms with Gasteiger partial charge < -0.3 is 4.74 Å². The number of ether oxygens (including phenoxy) is 1. The van der Waals surface area contributed by atoms with Crippen molar-refractivity contribution in [1.29, 1.82) is 0 Å². The maximum absolute atomic E-state index is 5.37.